The molecule has 42 heavy (non-hydrogen) atoms. The Morgan fingerprint density at radius 1 is 0.524 bits per heavy atom. The first-order valence-electron chi connectivity index (χ1n) is 12.7. The minimum absolute atomic E-state index is 0.655. The molecule has 0 aromatic rings. The quantitative estimate of drug-likeness (QED) is 0.223. The summed E-state index contributed by atoms with van der Waals surface area (Å²) in [5.41, 5.74) is 0. The number of carbonyl (C=O) groups is 7. The van der Waals surface area contributed by atoms with Gasteiger partial charge in [-0.05, 0) is 6.92 Å². The molecule has 17 nitrogen and oxygen atoms in total. The number of rotatable bonds is 10. The van der Waals surface area contributed by atoms with Crippen LogP contribution in [0.3, 0.4) is 0 Å². The summed E-state index contributed by atoms with van der Waals surface area (Å²) in [6.45, 7) is 6.62. The van der Waals surface area contributed by atoms with Gasteiger partial charge in [-0.1, -0.05) is 0 Å². The molecule has 6 unspecified atom stereocenters. The second-order valence-electron chi connectivity index (χ2n) is 9.38. The van der Waals surface area contributed by atoms with E-state index in [0.29, 0.717) is 0 Å². The summed E-state index contributed by atoms with van der Waals surface area (Å²) in [7, 11) is 0. The SMILES string of the molecule is CC(=O)OC1C(OC(C)=O)[C@@H](COC2OC(C(C)=O)C(OC(C)=O)[C@H](OC(C)=O)[C@H]2OC(C)=O)OC(O)[C@@H]1OC(C)=O. The van der Waals surface area contributed by atoms with Crippen LogP contribution in [0.5, 0.6) is 0 Å². The van der Waals surface area contributed by atoms with Crippen LogP contribution in [0.15, 0.2) is 0 Å². The van der Waals surface area contributed by atoms with E-state index in [0.717, 1.165) is 48.5 Å². The van der Waals surface area contributed by atoms with E-state index < -0.39 is 110 Å². The summed E-state index contributed by atoms with van der Waals surface area (Å²) < 4.78 is 48.2. The number of aliphatic hydroxyl groups is 1. The van der Waals surface area contributed by atoms with Crippen LogP contribution in [0.1, 0.15) is 48.5 Å². The summed E-state index contributed by atoms with van der Waals surface area (Å²) in [5.74, 6) is -5.92. The predicted molar refractivity (Wildman–Crippen MR) is 129 cm³/mol. The smallest absolute Gasteiger partial charge is 0.303 e. The Hall–Kier alpha value is -3.67. The van der Waals surface area contributed by atoms with E-state index >= 15 is 0 Å². The van der Waals surface area contributed by atoms with Gasteiger partial charge in [0.2, 0.25) is 0 Å². The van der Waals surface area contributed by atoms with Gasteiger partial charge in [-0.3, -0.25) is 33.6 Å². The molecule has 10 atom stereocenters. The molecule has 17 heteroatoms. The zero-order chi connectivity index (χ0) is 31.9. The zero-order valence-corrected chi connectivity index (χ0v) is 24.0. The predicted octanol–water partition coefficient (Wildman–Crippen LogP) is -1.38. The third-order valence-electron chi connectivity index (χ3n) is 5.74. The molecule has 0 aromatic heterocycles. The first-order chi connectivity index (χ1) is 19.5. The van der Waals surface area contributed by atoms with Crippen LogP contribution in [0, 0.1) is 0 Å². The number of Topliss-reactive ketones (excluding diaryl/α,β-unsaturated/α-hetero) is 1. The standard InChI is InChI=1S/C25H34O17/c1-9(26)17-19(36-11(3)28)21(38-13(5)30)23(40-15(7)32)25(42-17)34-8-16-18(35-10(2)27)20(37-12(4)29)22(24(33)41-16)39-14(6)31/h16-25,33H,8H2,1-7H3/t16-,17?,18?,19?,20?,21+,22-,23-,24?,25?/m1/s1. The molecular formula is C25H34O17. The lowest BCUT2D eigenvalue weighted by molar-refractivity contribution is -0.324. The van der Waals surface area contributed by atoms with Crippen molar-refractivity contribution in [3.05, 3.63) is 0 Å². The Bertz CT molecular complexity index is 1060. The second-order valence-corrected chi connectivity index (χ2v) is 9.38. The lowest BCUT2D eigenvalue weighted by atomic mass is 9.95. The first-order valence-corrected chi connectivity index (χ1v) is 12.7. The van der Waals surface area contributed by atoms with Crippen molar-refractivity contribution >= 4 is 41.6 Å². The Kier molecular flexibility index (Phi) is 12.3. The summed E-state index contributed by atoms with van der Waals surface area (Å²) in [4.78, 5) is 83.6. The molecule has 2 saturated heterocycles. The van der Waals surface area contributed by atoms with Crippen molar-refractivity contribution in [1.29, 1.82) is 0 Å². The van der Waals surface area contributed by atoms with E-state index in [1.165, 1.54) is 0 Å². The maximum absolute atomic E-state index is 12.5. The molecule has 2 rings (SSSR count). The number of aliphatic hydroxyl groups excluding tert-OH is 1. The molecular weight excluding hydrogens is 572 g/mol. The highest BCUT2D eigenvalue weighted by atomic mass is 16.7. The van der Waals surface area contributed by atoms with Crippen molar-refractivity contribution in [2.24, 2.45) is 0 Å². The van der Waals surface area contributed by atoms with Gasteiger partial charge in [0, 0.05) is 41.5 Å². The molecule has 2 aliphatic rings. The topological polar surface area (TPSA) is 223 Å². The van der Waals surface area contributed by atoms with Crippen LogP contribution < -0.4 is 0 Å². The molecule has 0 bridgehead atoms. The zero-order valence-electron chi connectivity index (χ0n) is 24.0. The minimum Gasteiger partial charge on any atom is -0.456 e. The highest BCUT2D eigenvalue weighted by Gasteiger charge is 2.55. The average Bonchev–Trinajstić information content (AvgIpc) is 2.83. The van der Waals surface area contributed by atoms with E-state index in [4.69, 9.17) is 42.6 Å². The molecule has 2 aliphatic heterocycles. The molecule has 0 radical (unpaired) electrons. The summed E-state index contributed by atoms with van der Waals surface area (Å²) >= 11 is 0. The lowest BCUT2D eigenvalue weighted by Gasteiger charge is -2.45. The molecule has 236 valence electrons. The van der Waals surface area contributed by atoms with Crippen LogP contribution in [0.4, 0.5) is 0 Å². The van der Waals surface area contributed by atoms with Gasteiger partial charge >= 0.3 is 35.8 Å². The molecule has 0 aromatic carbocycles. The number of esters is 6. The third-order valence-corrected chi connectivity index (χ3v) is 5.74. The average molecular weight is 607 g/mol. The van der Waals surface area contributed by atoms with E-state index in [9.17, 15) is 38.7 Å². The van der Waals surface area contributed by atoms with Gasteiger partial charge in [-0.2, -0.15) is 0 Å². The number of ketones is 1. The van der Waals surface area contributed by atoms with Crippen molar-refractivity contribution < 1.29 is 81.3 Å². The van der Waals surface area contributed by atoms with E-state index in [1.54, 1.807) is 0 Å². The Balaban J connectivity index is 2.46. The van der Waals surface area contributed by atoms with Crippen LogP contribution in [-0.2, 0) is 76.2 Å². The summed E-state index contributed by atoms with van der Waals surface area (Å²) in [6, 6.07) is 0. The van der Waals surface area contributed by atoms with Crippen LogP contribution >= 0.6 is 0 Å². The fraction of sp³-hybridized carbons (Fsp3) is 0.720. The molecule has 0 saturated carbocycles. The molecule has 2 fully saturated rings. The van der Waals surface area contributed by atoms with Crippen molar-refractivity contribution in [1.82, 2.24) is 0 Å². The molecule has 1 N–H and O–H groups in total. The second kappa shape index (κ2) is 15.0. The van der Waals surface area contributed by atoms with Crippen molar-refractivity contribution in [3.63, 3.8) is 0 Å². The number of hydrogen-bond acceptors (Lipinski definition) is 17. The van der Waals surface area contributed by atoms with E-state index in [2.05, 4.69) is 0 Å². The van der Waals surface area contributed by atoms with Gasteiger partial charge in [-0.25, -0.2) is 0 Å². The highest BCUT2D eigenvalue weighted by Crippen LogP contribution is 2.32. The maximum atomic E-state index is 12.5. The summed E-state index contributed by atoms with van der Waals surface area (Å²) in [6.07, 6.45) is -16.0. The van der Waals surface area contributed by atoms with Gasteiger partial charge in [-0.15, -0.1) is 0 Å². The van der Waals surface area contributed by atoms with Crippen molar-refractivity contribution in [3.8, 4) is 0 Å². The van der Waals surface area contributed by atoms with Gasteiger partial charge in [0.05, 0.1) is 6.61 Å². The molecule has 0 spiro atoms. The van der Waals surface area contributed by atoms with Gasteiger partial charge in [0.15, 0.2) is 61.1 Å². The van der Waals surface area contributed by atoms with Crippen LogP contribution in [0.25, 0.3) is 0 Å². The molecule has 0 amide bonds. The third kappa shape index (κ3) is 9.43. The lowest BCUT2D eigenvalue weighted by Crippen LogP contribution is -2.65. The van der Waals surface area contributed by atoms with Crippen LogP contribution in [0.2, 0.25) is 0 Å². The Morgan fingerprint density at radius 3 is 1.36 bits per heavy atom. The van der Waals surface area contributed by atoms with Crippen molar-refractivity contribution in [2.45, 2.75) is 110 Å². The fourth-order valence-electron chi connectivity index (χ4n) is 4.43. The van der Waals surface area contributed by atoms with Crippen molar-refractivity contribution in [2.75, 3.05) is 6.61 Å². The first kappa shape index (κ1) is 34.5. The largest absolute Gasteiger partial charge is 0.456 e. The van der Waals surface area contributed by atoms with Crippen LogP contribution in [-0.4, -0.2) is 115 Å². The molecule has 2 heterocycles. The van der Waals surface area contributed by atoms with E-state index in [1.807, 2.05) is 0 Å². The van der Waals surface area contributed by atoms with Gasteiger partial charge < -0.3 is 47.7 Å². The Labute approximate surface area is 239 Å². The van der Waals surface area contributed by atoms with Gasteiger partial charge in [0.25, 0.3) is 0 Å². The number of carbonyl (C=O) groups excluding carboxylic acids is 7. The Morgan fingerprint density at radius 2 is 0.905 bits per heavy atom. The molecule has 0 aliphatic carbocycles. The maximum Gasteiger partial charge on any atom is 0.303 e. The number of ether oxygens (including phenoxy) is 9. The minimum atomic E-state index is -1.90. The fourth-order valence-corrected chi connectivity index (χ4v) is 4.43. The normalized spacial score (nSPS) is 32.5. The monoisotopic (exact) mass is 606 g/mol. The highest BCUT2D eigenvalue weighted by molar-refractivity contribution is 5.82. The van der Waals surface area contributed by atoms with Gasteiger partial charge in [0.1, 0.15) is 6.10 Å². The number of hydrogen-bond donors (Lipinski definition) is 1. The van der Waals surface area contributed by atoms with E-state index in [-0.39, 0.29) is 0 Å². The summed E-state index contributed by atoms with van der Waals surface area (Å²) in [5, 5.41) is 10.6.